The van der Waals surface area contributed by atoms with Gasteiger partial charge in [0.2, 0.25) is 10.0 Å². The molecule has 0 fully saturated rings. The largest absolute Gasteiger partial charge is 0.459 e. The lowest BCUT2D eigenvalue weighted by atomic mass is 9.88. The van der Waals surface area contributed by atoms with E-state index < -0.39 is 50.0 Å². The summed E-state index contributed by atoms with van der Waals surface area (Å²) >= 11 is 0. The maximum Gasteiger partial charge on any atom is 0.324 e. The van der Waals surface area contributed by atoms with E-state index in [-0.39, 0.29) is 23.1 Å². The van der Waals surface area contributed by atoms with Gasteiger partial charge in [-0.1, -0.05) is 17.1 Å². The average Bonchev–Trinajstić information content (AvgIpc) is 2.68. The van der Waals surface area contributed by atoms with Crippen LogP contribution in [0, 0.1) is 38.2 Å². The van der Waals surface area contributed by atoms with Crippen LogP contribution in [0.3, 0.4) is 0 Å². The first-order valence-corrected chi connectivity index (χ1v) is 11.9. The molecule has 0 aromatic heterocycles. The fourth-order valence-corrected chi connectivity index (χ4v) is 5.31. The van der Waals surface area contributed by atoms with Crippen LogP contribution in [0.1, 0.15) is 49.9 Å². The molecule has 2 aromatic carbocycles. The van der Waals surface area contributed by atoms with Crippen LogP contribution in [0.5, 0.6) is 0 Å². The molecule has 0 aliphatic heterocycles. The molecular weight excluding hydrogens is 454 g/mol. The summed E-state index contributed by atoms with van der Waals surface area (Å²) in [7, 11) is -3.34. The number of hydrogen-bond donors (Lipinski definition) is 0. The smallest absolute Gasteiger partial charge is 0.324 e. The third-order valence-corrected chi connectivity index (χ3v) is 7.63. The Morgan fingerprint density at radius 2 is 1.67 bits per heavy atom. The van der Waals surface area contributed by atoms with Gasteiger partial charge in [0.25, 0.3) is 0 Å². The van der Waals surface area contributed by atoms with Gasteiger partial charge in [-0.15, -0.1) is 0 Å². The van der Waals surface area contributed by atoms with Crippen LogP contribution in [-0.2, 0) is 26.1 Å². The van der Waals surface area contributed by atoms with Crippen LogP contribution in [0.4, 0.5) is 13.2 Å². The summed E-state index contributed by atoms with van der Waals surface area (Å²) in [6.07, 6.45) is 0. The van der Waals surface area contributed by atoms with Crippen molar-refractivity contribution in [2.45, 2.75) is 71.5 Å². The minimum Gasteiger partial charge on any atom is -0.459 e. The molecule has 0 heterocycles. The number of benzene rings is 2. The van der Waals surface area contributed by atoms with E-state index >= 15 is 4.39 Å². The predicted molar refractivity (Wildman–Crippen MR) is 123 cm³/mol. The minimum absolute atomic E-state index is 0.00469. The van der Waals surface area contributed by atoms with Gasteiger partial charge in [0.1, 0.15) is 30.2 Å². The normalized spacial score (nSPS) is 13.3. The lowest BCUT2D eigenvalue weighted by Gasteiger charge is -2.31. The van der Waals surface area contributed by atoms with E-state index in [1.165, 1.54) is 40.8 Å². The summed E-state index contributed by atoms with van der Waals surface area (Å²) in [5, 5.41) is 0. The highest BCUT2D eigenvalue weighted by Gasteiger charge is 2.39. The molecule has 0 aliphatic carbocycles. The molecule has 33 heavy (non-hydrogen) atoms. The molecule has 0 amide bonds. The standard InChI is InChI=1S/C23H29BF3NO4S/c1-12-10-17(25)9-8-16(12)11-28(15(4)22(29)32-23(5,6)7)33(30,31)21-18(24)13(2)14(3)19(26)20(21)27/h8-10,15H,11,24H2,1-7H3/t15-/m1/s1. The van der Waals surface area contributed by atoms with Crippen molar-refractivity contribution in [3.05, 3.63) is 57.9 Å². The van der Waals surface area contributed by atoms with Crippen LogP contribution >= 0.6 is 0 Å². The van der Waals surface area contributed by atoms with Crippen molar-refractivity contribution in [1.82, 2.24) is 4.31 Å². The van der Waals surface area contributed by atoms with E-state index in [9.17, 15) is 22.0 Å². The second kappa shape index (κ2) is 9.50. The molecule has 0 bridgehead atoms. The van der Waals surface area contributed by atoms with Crippen LogP contribution in [-0.4, -0.2) is 38.2 Å². The van der Waals surface area contributed by atoms with Crippen molar-refractivity contribution in [1.29, 1.82) is 0 Å². The SMILES string of the molecule is Bc1c(C)c(C)c(F)c(F)c1S(=O)(=O)N(Cc1ccc(F)cc1C)[C@H](C)C(=O)OC(C)(C)C. The molecule has 0 spiro atoms. The van der Waals surface area contributed by atoms with Gasteiger partial charge in [0, 0.05) is 6.54 Å². The lowest BCUT2D eigenvalue weighted by molar-refractivity contribution is -0.159. The fraction of sp³-hybridized carbons (Fsp3) is 0.435. The van der Waals surface area contributed by atoms with Gasteiger partial charge >= 0.3 is 5.97 Å². The third-order valence-electron chi connectivity index (χ3n) is 5.56. The summed E-state index contributed by atoms with van der Waals surface area (Å²) in [4.78, 5) is 12.0. The molecule has 1 atom stereocenters. The molecule has 0 N–H and O–H groups in total. The molecule has 0 saturated carbocycles. The maximum atomic E-state index is 15.0. The van der Waals surface area contributed by atoms with Crippen LogP contribution in [0.2, 0.25) is 0 Å². The Labute approximate surface area is 194 Å². The Hall–Kier alpha value is -2.33. The highest BCUT2D eigenvalue weighted by atomic mass is 32.2. The van der Waals surface area contributed by atoms with E-state index in [0.29, 0.717) is 11.1 Å². The first-order valence-electron chi connectivity index (χ1n) is 10.4. The zero-order valence-electron chi connectivity index (χ0n) is 20.1. The Balaban J connectivity index is 2.72. The summed E-state index contributed by atoms with van der Waals surface area (Å²) in [6.45, 7) is 10.3. The number of rotatable bonds is 6. The third kappa shape index (κ3) is 5.61. The predicted octanol–water partition coefficient (Wildman–Crippen LogP) is 3.21. The number of carbonyl (C=O) groups is 1. The second-order valence-corrected chi connectivity index (χ2v) is 11.0. The van der Waals surface area contributed by atoms with Crippen LogP contribution < -0.4 is 5.46 Å². The fourth-order valence-electron chi connectivity index (χ4n) is 3.41. The van der Waals surface area contributed by atoms with Crippen molar-refractivity contribution in [3.8, 4) is 0 Å². The number of aryl methyl sites for hydroxylation is 1. The number of ether oxygens (including phenoxy) is 1. The molecule has 2 aromatic rings. The van der Waals surface area contributed by atoms with Gasteiger partial charge in [-0.25, -0.2) is 21.6 Å². The summed E-state index contributed by atoms with van der Waals surface area (Å²) in [5.41, 5.74) is 0.275. The molecule has 2 rings (SSSR count). The zero-order valence-corrected chi connectivity index (χ0v) is 21.0. The van der Waals surface area contributed by atoms with E-state index in [4.69, 9.17) is 4.74 Å². The molecule has 5 nitrogen and oxygen atoms in total. The molecule has 10 heteroatoms. The van der Waals surface area contributed by atoms with Gasteiger partial charge in [0.05, 0.1) is 0 Å². The molecule has 0 saturated heterocycles. The zero-order chi connectivity index (χ0) is 25.5. The van der Waals surface area contributed by atoms with Crippen LogP contribution in [0.25, 0.3) is 0 Å². The molecular formula is C23H29BF3NO4S. The highest BCUT2D eigenvalue weighted by Crippen LogP contribution is 2.28. The number of esters is 1. The van der Waals surface area contributed by atoms with E-state index in [1.807, 2.05) is 0 Å². The molecule has 0 aliphatic rings. The summed E-state index contributed by atoms with van der Waals surface area (Å²) in [6, 6.07) is 2.40. The Morgan fingerprint density at radius 1 is 1.09 bits per heavy atom. The second-order valence-electron chi connectivity index (χ2n) is 9.16. The summed E-state index contributed by atoms with van der Waals surface area (Å²) < 4.78 is 76.7. The van der Waals surface area contributed by atoms with Gasteiger partial charge in [-0.2, -0.15) is 4.31 Å². The van der Waals surface area contributed by atoms with Gasteiger partial charge < -0.3 is 4.74 Å². The number of carbonyl (C=O) groups excluding carboxylic acids is 1. The number of halogens is 3. The highest BCUT2D eigenvalue weighted by molar-refractivity contribution is 7.89. The minimum atomic E-state index is -4.73. The van der Waals surface area contributed by atoms with Crippen LogP contribution in [0.15, 0.2) is 23.1 Å². The Bertz CT molecular complexity index is 1160. The van der Waals surface area contributed by atoms with Crippen molar-refractivity contribution in [3.63, 3.8) is 0 Å². The first-order chi connectivity index (χ1) is 15.0. The van der Waals surface area contributed by atoms with Gasteiger partial charge in [0.15, 0.2) is 11.6 Å². The van der Waals surface area contributed by atoms with Crippen molar-refractivity contribution >= 4 is 29.3 Å². The molecule has 0 radical (unpaired) electrons. The van der Waals surface area contributed by atoms with E-state index in [2.05, 4.69) is 0 Å². The number of sulfonamides is 1. The van der Waals surface area contributed by atoms with Gasteiger partial charge in [-0.05, 0) is 77.3 Å². The Morgan fingerprint density at radius 3 is 2.18 bits per heavy atom. The van der Waals surface area contributed by atoms with E-state index in [1.54, 1.807) is 27.7 Å². The van der Waals surface area contributed by atoms with E-state index in [0.717, 1.165) is 10.4 Å². The monoisotopic (exact) mass is 483 g/mol. The average molecular weight is 483 g/mol. The number of hydrogen-bond acceptors (Lipinski definition) is 4. The molecule has 180 valence electrons. The topological polar surface area (TPSA) is 63.7 Å². The lowest BCUT2D eigenvalue weighted by Crippen LogP contribution is -2.47. The quantitative estimate of drug-likeness (QED) is 0.468. The van der Waals surface area contributed by atoms with Crippen molar-refractivity contribution in [2.75, 3.05) is 0 Å². The number of nitrogens with zero attached hydrogens (tertiary/aromatic N) is 1. The Kier molecular flexibility index (Phi) is 7.75. The maximum absolute atomic E-state index is 15.0. The first kappa shape index (κ1) is 26.9. The van der Waals surface area contributed by atoms with Crippen molar-refractivity contribution < 1.29 is 31.1 Å². The van der Waals surface area contributed by atoms with Gasteiger partial charge in [-0.3, -0.25) is 4.79 Å². The summed E-state index contributed by atoms with van der Waals surface area (Å²) in [5.74, 6) is -4.13. The van der Waals surface area contributed by atoms with Crippen molar-refractivity contribution in [2.24, 2.45) is 0 Å². The molecule has 0 unspecified atom stereocenters.